The molecular formula is C14H8Cl3F3O. The Bertz CT molecular complexity index is 656. The molecule has 0 aliphatic heterocycles. The zero-order valence-electron chi connectivity index (χ0n) is 10.3. The van der Waals surface area contributed by atoms with Crippen molar-refractivity contribution in [1.82, 2.24) is 0 Å². The first-order valence-corrected chi connectivity index (χ1v) is 6.99. The van der Waals surface area contributed by atoms with Gasteiger partial charge in [-0.2, -0.15) is 13.2 Å². The van der Waals surface area contributed by atoms with Crippen molar-refractivity contribution in [3.63, 3.8) is 0 Å². The van der Waals surface area contributed by atoms with Gasteiger partial charge in [0.15, 0.2) is 0 Å². The second-order valence-corrected chi connectivity index (χ2v) is 5.21. The molecule has 2 aromatic rings. The molecule has 0 aromatic heterocycles. The molecule has 0 N–H and O–H groups in total. The molecule has 0 atom stereocenters. The van der Waals surface area contributed by atoms with Gasteiger partial charge in [-0.1, -0.05) is 29.3 Å². The second-order valence-electron chi connectivity index (χ2n) is 4.13. The first-order valence-electron chi connectivity index (χ1n) is 5.70. The Morgan fingerprint density at radius 2 is 1.52 bits per heavy atom. The molecule has 7 heteroatoms. The van der Waals surface area contributed by atoms with E-state index in [-0.39, 0.29) is 28.0 Å². The Hall–Kier alpha value is -1.10. The summed E-state index contributed by atoms with van der Waals surface area (Å²) in [5.74, 6) is 0.0905. The van der Waals surface area contributed by atoms with Gasteiger partial charge in [0, 0.05) is 11.9 Å². The quantitative estimate of drug-likeness (QED) is 0.568. The highest BCUT2D eigenvalue weighted by Crippen LogP contribution is 2.36. The average Bonchev–Trinajstić information content (AvgIpc) is 2.42. The lowest BCUT2D eigenvalue weighted by atomic mass is 10.1. The van der Waals surface area contributed by atoms with E-state index in [9.17, 15) is 13.2 Å². The minimum absolute atomic E-state index is 0.00865. The standard InChI is InChI=1S/C14H8Cl3F3O/c15-7-8-1-2-9(5-11(8)14(18,19)20)21-10-3-4-12(16)13(17)6-10/h1-6H,7H2. The van der Waals surface area contributed by atoms with Crippen LogP contribution in [0.3, 0.4) is 0 Å². The van der Waals surface area contributed by atoms with Crippen LogP contribution < -0.4 is 4.74 Å². The Balaban J connectivity index is 2.34. The Morgan fingerprint density at radius 3 is 2.10 bits per heavy atom. The van der Waals surface area contributed by atoms with E-state index in [0.29, 0.717) is 5.02 Å². The fourth-order valence-corrected chi connectivity index (χ4v) is 2.20. The van der Waals surface area contributed by atoms with E-state index in [4.69, 9.17) is 39.5 Å². The van der Waals surface area contributed by atoms with Gasteiger partial charge in [-0.25, -0.2) is 0 Å². The molecule has 0 radical (unpaired) electrons. The summed E-state index contributed by atoms with van der Waals surface area (Å²) in [6.45, 7) is 0. The fourth-order valence-electron chi connectivity index (χ4n) is 1.68. The highest BCUT2D eigenvalue weighted by atomic mass is 35.5. The highest BCUT2D eigenvalue weighted by molar-refractivity contribution is 6.42. The molecule has 1 nitrogen and oxygen atoms in total. The summed E-state index contributed by atoms with van der Waals surface area (Å²) in [7, 11) is 0. The van der Waals surface area contributed by atoms with Crippen LogP contribution in [0.4, 0.5) is 13.2 Å². The van der Waals surface area contributed by atoms with E-state index in [1.807, 2.05) is 0 Å². The summed E-state index contributed by atoms with van der Waals surface area (Å²) in [5, 5.41) is 0.583. The molecule has 21 heavy (non-hydrogen) atoms. The van der Waals surface area contributed by atoms with Gasteiger partial charge in [-0.3, -0.25) is 0 Å². The van der Waals surface area contributed by atoms with Crippen LogP contribution in [0.2, 0.25) is 10.0 Å². The molecule has 0 saturated carbocycles. The van der Waals surface area contributed by atoms with Crippen LogP contribution in [0.15, 0.2) is 36.4 Å². The third-order valence-electron chi connectivity index (χ3n) is 2.66. The van der Waals surface area contributed by atoms with E-state index in [1.165, 1.54) is 30.3 Å². The van der Waals surface area contributed by atoms with Crippen molar-refractivity contribution in [2.45, 2.75) is 12.1 Å². The van der Waals surface area contributed by atoms with Crippen LogP contribution in [-0.4, -0.2) is 0 Å². The second kappa shape index (κ2) is 6.34. The van der Waals surface area contributed by atoms with Gasteiger partial charge in [-0.15, -0.1) is 11.6 Å². The Morgan fingerprint density at radius 1 is 0.905 bits per heavy atom. The zero-order valence-corrected chi connectivity index (χ0v) is 12.6. The molecule has 2 rings (SSSR count). The molecule has 112 valence electrons. The Kier molecular flexibility index (Phi) is 4.91. The van der Waals surface area contributed by atoms with E-state index in [1.54, 1.807) is 0 Å². The van der Waals surface area contributed by atoms with E-state index >= 15 is 0 Å². The van der Waals surface area contributed by atoms with Gasteiger partial charge in [0.2, 0.25) is 0 Å². The first-order chi connectivity index (χ1) is 9.81. The summed E-state index contributed by atoms with van der Waals surface area (Å²) in [6, 6.07) is 8.03. The third kappa shape index (κ3) is 3.96. The van der Waals surface area contributed by atoms with Crippen molar-refractivity contribution < 1.29 is 17.9 Å². The lowest BCUT2D eigenvalue weighted by Gasteiger charge is -2.13. The monoisotopic (exact) mass is 354 g/mol. The SMILES string of the molecule is FC(F)(F)c1cc(Oc2ccc(Cl)c(Cl)c2)ccc1CCl. The topological polar surface area (TPSA) is 9.23 Å². The van der Waals surface area contributed by atoms with Gasteiger partial charge in [-0.05, 0) is 29.8 Å². The number of hydrogen-bond donors (Lipinski definition) is 0. The lowest BCUT2D eigenvalue weighted by molar-refractivity contribution is -0.138. The molecular weight excluding hydrogens is 348 g/mol. The number of alkyl halides is 4. The van der Waals surface area contributed by atoms with Crippen molar-refractivity contribution in [1.29, 1.82) is 0 Å². The van der Waals surface area contributed by atoms with E-state index in [2.05, 4.69) is 0 Å². The lowest BCUT2D eigenvalue weighted by Crippen LogP contribution is -2.08. The van der Waals surface area contributed by atoms with Crippen LogP contribution in [0.25, 0.3) is 0 Å². The maximum absolute atomic E-state index is 12.9. The molecule has 0 fully saturated rings. The smallest absolute Gasteiger partial charge is 0.416 e. The van der Waals surface area contributed by atoms with Crippen molar-refractivity contribution in [3.8, 4) is 11.5 Å². The summed E-state index contributed by atoms with van der Waals surface area (Å²) in [4.78, 5) is 0. The normalized spacial score (nSPS) is 11.5. The maximum Gasteiger partial charge on any atom is 0.416 e. The summed E-state index contributed by atoms with van der Waals surface area (Å²) >= 11 is 17.1. The van der Waals surface area contributed by atoms with E-state index < -0.39 is 11.7 Å². The maximum atomic E-state index is 12.9. The van der Waals surface area contributed by atoms with Gasteiger partial charge < -0.3 is 4.74 Å². The summed E-state index contributed by atoms with van der Waals surface area (Å²) in [6.07, 6.45) is -4.50. The average molecular weight is 356 g/mol. The van der Waals surface area contributed by atoms with E-state index in [0.717, 1.165) is 6.07 Å². The van der Waals surface area contributed by atoms with Crippen LogP contribution in [0.1, 0.15) is 11.1 Å². The highest BCUT2D eigenvalue weighted by Gasteiger charge is 2.33. The zero-order chi connectivity index (χ0) is 15.6. The molecule has 0 aliphatic rings. The number of ether oxygens (including phenoxy) is 1. The molecule has 0 bridgehead atoms. The number of hydrogen-bond acceptors (Lipinski definition) is 1. The number of rotatable bonds is 3. The van der Waals surface area contributed by atoms with Gasteiger partial charge >= 0.3 is 6.18 Å². The van der Waals surface area contributed by atoms with Gasteiger partial charge in [0.05, 0.1) is 15.6 Å². The van der Waals surface area contributed by atoms with Gasteiger partial charge in [0.1, 0.15) is 11.5 Å². The van der Waals surface area contributed by atoms with Crippen LogP contribution >= 0.6 is 34.8 Å². The predicted molar refractivity (Wildman–Crippen MR) is 77.5 cm³/mol. The van der Waals surface area contributed by atoms with Crippen molar-refractivity contribution in [2.75, 3.05) is 0 Å². The predicted octanol–water partition coefficient (Wildman–Crippen LogP) is 6.54. The Labute approximate surface area is 134 Å². The molecule has 0 saturated heterocycles. The molecule has 0 spiro atoms. The van der Waals surface area contributed by atoms with Crippen molar-refractivity contribution in [3.05, 3.63) is 57.6 Å². The summed E-state index contributed by atoms with van der Waals surface area (Å²) in [5.41, 5.74) is -0.833. The molecule has 0 amide bonds. The largest absolute Gasteiger partial charge is 0.457 e. The van der Waals surface area contributed by atoms with Crippen molar-refractivity contribution >= 4 is 34.8 Å². The number of halogens is 6. The van der Waals surface area contributed by atoms with Gasteiger partial charge in [0.25, 0.3) is 0 Å². The minimum Gasteiger partial charge on any atom is -0.457 e. The van der Waals surface area contributed by atoms with Crippen molar-refractivity contribution in [2.24, 2.45) is 0 Å². The molecule has 0 heterocycles. The summed E-state index contributed by atoms with van der Waals surface area (Å²) < 4.78 is 44.1. The first kappa shape index (κ1) is 16.3. The fraction of sp³-hybridized carbons (Fsp3) is 0.143. The number of benzene rings is 2. The van der Waals surface area contributed by atoms with Crippen LogP contribution in [0.5, 0.6) is 11.5 Å². The molecule has 2 aromatic carbocycles. The molecule has 0 aliphatic carbocycles. The third-order valence-corrected chi connectivity index (χ3v) is 3.68. The minimum atomic E-state index is -4.50. The van der Waals surface area contributed by atoms with Crippen LogP contribution in [0, 0.1) is 0 Å². The molecule has 0 unspecified atom stereocenters. The van der Waals surface area contributed by atoms with Crippen LogP contribution in [-0.2, 0) is 12.1 Å².